The third-order valence-electron chi connectivity index (χ3n) is 5.45. The zero-order valence-corrected chi connectivity index (χ0v) is 14.1. The number of fused-ring (bicyclic) bond motifs is 2. The predicted molar refractivity (Wildman–Crippen MR) is 93.0 cm³/mol. The van der Waals surface area contributed by atoms with Crippen molar-refractivity contribution in [2.24, 2.45) is 0 Å². The number of nitrogens with one attached hydrogen (secondary N) is 1. The molecular formula is C19H24N4O. The first-order valence-corrected chi connectivity index (χ1v) is 8.80. The van der Waals surface area contributed by atoms with Gasteiger partial charge in [0, 0.05) is 37.6 Å². The van der Waals surface area contributed by atoms with Crippen LogP contribution in [0.1, 0.15) is 31.2 Å². The second kappa shape index (κ2) is 6.40. The summed E-state index contributed by atoms with van der Waals surface area (Å²) in [6.07, 6.45) is 8.86. The molecule has 1 aromatic carbocycles. The second-order valence-electron chi connectivity index (χ2n) is 7.06. The summed E-state index contributed by atoms with van der Waals surface area (Å²) in [6, 6.07) is 11.6. The monoisotopic (exact) mass is 324 g/mol. The van der Waals surface area contributed by atoms with Crippen molar-refractivity contribution in [3.8, 4) is 5.69 Å². The third kappa shape index (κ3) is 3.08. The van der Waals surface area contributed by atoms with Crippen LogP contribution in [0.5, 0.6) is 0 Å². The minimum Gasteiger partial charge on any atom is -0.342 e. The van der Waals surface area contributed by atoms with Crippen molar-refractivity contribution >= 4 is 5.91 Å². The fraction of sp³-hybridized carbons (Fsp3) is 0.474. The molecule has 3 heterocycles. The van der Waals surface area contributed by atoms with Crippen molar-refractivity contribution in [3.05, 3.63) is 48.3 Å². The topological polar surface area (TPSA) is 50.2 Å². The van der Waals surface area contributed by atoms with Gasteiger partial charge in [-0.05, 0) is 49.4 Å². The van der Waals surface area contributed by atoms with E-state index < -0.39 is 0 Å². The van der Waals surface area contributed by atoms with E-state index in [1.165, 1.54) is 12.8 Å². The first kappa shape index (κ1) is 15.4. The Morgan fingerprint density at radius 1 is 1.25 bits per heavy atom. The number of carbonyl (C=O) groups is 1. The van der Waals surface area contributed by atoms with Crippen LogP contribution in [0.4, 0.5) is 0 Å². The summed E-state index contributed by atoms with van der Waals surface area (Å²) in [7, 11) is 1.97. The molecule has 2 bridgehead atoms. The van der Waals surface area contributed by atoms with Crippen LogP contribution in [0.25, 0.3) is 5.69 Å². The fourth-order valence-electron chi connectivity index (χ4n) is 4.03. The largest absolute Gasteiger partial charge is 0.342 e. The first-order valence-electron chi connectivity index (χ1n) is 8.80. The molecule has 1 amide bonds. The number of likely N-dealkylation sites (N-methyl/N-ethyl adjacent to an activating group) is 1. The maximum Gasteiger partial charge on any atom is 0.226 e. The van der Waals surface area contributed by atoms with Gasteiger partial charge in [-0.15, -0.1) is 0 Å². The van der Waals surface area contributed by atoms with Crippen molar-refractivity contribution in [1.29, 1.82) is 0 Å². The van der Waals surface area contributed by atoms with Crippen LogP contribution in [0.15, 0.2) is 42.7 Å². The molecule has 126 valence electrons. The number of hydrogen-bond acceptors (Lipinski definition) is 3. The van der Waals surface area contributed by atoms with Gasteiger partial charge in [0.1, 0.15) is 0 Å². The van der Waals surface area contributed by atoms with Crippen LogP contribution in [0.3, 0.4) is 0 Å². The van der Waals surface area contributed by atoms with Crippen molar-refractivity contribution in [1.82, 2.24) is 20.0 Å². The molecule has 0 spiro atoms. The van der Waals surface area contributed by atoms with Crippen LogP contribution in [0.2, 0.25) is 0 Å². The van der Waals surface area contributed by atoms with Gasteiger partial charge in [0.2, 0.25) is 5.91 Å². The first-order chi connectivity index (χ1) is 11.7. The highest BCUT2D eigenvalue weighted by atomic mass is 16.2. The molecule has 5 heteroatoms. The zero-order chi connectivity index (χ0) is 16.5. The number of rotatable bonds is 4. The van der Waals surface area contributed by atoms with Gasteiger partial charge in [-0.3, -0.25) is 4.79 Å². The molecule has 2 fully saturated rings. The lowest BCUT2D eigenvalue weighted by molar-refractivity contribution is -0.131. The maximum absolute atomic E-state index is 12.6. The average Bonchev–Trinajstić information content (AvgIpc) is 3.24. The summed E-state index contributed by atoms with van der Waals surface area (Å²) < 4.78 is 1.82. The normalized spacial score (nSPS) is 25.6. The second-order valence-corrected chi connectivity index (χ2v) is 7.06. The van der Waals surface area contributed by atoms with E-state index in [0.29, 0.717) is 24.5 Å². The minimum absolute atomic E-state index is 0.216. The lowest BCUT2D eigenvalue weighted by Crippen LogP contribution is -2.49. The van der Waals surface area contributed by atoms with E-state index in [1.807, 2.05) is 53.2 Å². The third-order valence-corrected chi connectivity index (χ3v) is 5.45. The lowest BCUT2D eigenvalue weighted by atomic mass is 9.98. The molecule has 2 aliphatic heterocycles. The summed E-state index contributed by atoms with van der Waals surface area (Å²) in [6.45, 7) is 0. The smallest absolute Gasteiger partial charge is 0.226 e. The van der Waals surface area contributed by atoms with E-state index >= 15 is 0 Å². The van der Waals surface area contributed by atoms with E-state index in [-0.39, 0.29) is 5.91 Å². The van der Waals surface area contributed by atoms with E-state index in [9.17, 15) is 4.79 Å². The van der Waals surface area contributed by atoms with Crippen molar-refractivity contribution in [3.63, 3.8) is 0 Å². The van der Waals surface area contributed by atoms with Gasteiger partial charge in [0.05, 0.1) is 12.1 Å². The molecule has 2 unspecified atom stereocenters. The molecule has 0 aliphatic carbocycles. The number of piperidine rings is 1. The van der Waals surface area contributed by atoms with Crippen LogP contribution in [0, 0.1) is 0 Å². The predicted octanol–water partition coefficient (Wildman–Crippen LogP) is 2.16. The quantitative estimate of drug-likeness (QED) is 0.937. The number of carbonyl (C=O) groups excluding carboxylic acids is 1. The minimum atomic E-state index is 0.216. The number of aromatic nitrogens is 2. The molecule has 4 rings (SSSR count). The molecule has 0 radical (unpaired) electrons. The number of nitrogens with zero attached hydrogens (tertiary/aromatic N) is 3. The SMILES string of the molecule is CN(C(=O)Cc1ccc(-n2cccn2)cc1)C1CC2CCC(C1)N2. The van der Waals surface area contributed by atoms with Gasteiger partial charge in [-0.25, -0.2) is 4.68 Å². The molecule has 0 saturated carbocycles. The van der Waals surface area contributed by atoms with Gasteiger partial charge in [0.15, 0.2) is 0 Å². The molecule has 2 saturated heterocycles. The van der Waals surface area contributed by atoms with Crippen molar-refractivity contribution in [2.45, 2.75) is 50.2 Å². The Labute approximate surface area is 142 Å². The zero-order valence-electron chi connectivity index (χ0n) is 14.1. The van der Waals surface area contributed by atoms with Gasteiger partial charge in [0.25, 0.3) is 0 Å². The molecule has 24 heavy (non-hydrogen) atoms. The van der Waals surface area contributed by atoms with Gasteiger partial charge in [-0.2, -0.15) is 5.10 Å². The van der Waals surface area contributed by atoms with Crippen LogP contribution in [-0.2, 0) is 11.2 Å². The Morgan fingerprint density at radius 3 is 2.58 bits per heavy atom. The lowest BCUT2D eigenvalue weighted by Gasteiger charge is -2.35. The van der Waals surface area contributed by atoms with Gasteiger partial charge in [-0.1, -0.05) is 12.1 Å². The molecule has 1 aromatic heterocycles. The Kier molecular flexibility index (Phi) is 4.10. The highest BCUT2D eigenvalue weighted by Gasteiger charge is 2.36. The number of benzene rings is 1. The highest BCUT2D eigenvalue weighted by Crippen LogP contribution is 2.29. The summed E-state index contributed by atoms with van der Waals surface area (Å²) in [5.74, 6) is 0.216. The standard InChI is InChI=1S/C19H24N4O/c1-22(18-12-15-5-6-16(13-18)21-15)19(24)11-14-3-7-17(8-4-14)23-10-2-9-20-23/h2-4,7-10,15-16,18,21H,5-6,11-13H2,1H3. The Hall–Kier alpha value is -2.14. The number of amides is 1. The molecule has 2 aromatic rings. The Balaban J connectivity index is 1.38. The van der Waals surface area contributed by atoms with Crippen molar-refractivity contribution < 1.29 is 4.79 Å². The van der Waals surface area contributed by atoms with E-state index in [0.717, 1.165) is 24.1 Å². The maximum atomic E-state index is 12.6. The van der Waals surface area contributed by atoms with E-state index in [4.69, 9.17) is 0 Å². The van der Waals surface area contributed by atoms with E-state index in [2.05, 4.69) is 10.4 Å². The van der Waals surface area contributed by atoms with Gasteiger partial charge < -0.3 is 10.2 Å². The highest BCUT2D eigenvalue weighted by molar-refractivity contribution is 5.79. The molecule has 5 nitrogen and oxygen atoms in total. The molecule has 2 atom stereocenters. The Morgan fingerprint density at radius 2 is 1.96 bits per heavy atom. The summed E-state index contributed by atoms with van der Waals surface area (Å²) in [4.78, 5) is 14.6. The summed E-state index contributed by atoms with van der Waals surface area (Å²) in [5.41, 5.74) is 2.07. The summed E-state index contributed by atoms with van der Waals surface area (Å²) in [5, 5.41) is 7.86. The molecular weight excluding hydrogens is 300 g/mol. The Bertz CT molecular complexity index is 683. The van der Waals surface area contributed by atoms with Crippen LogP contribution >= 0.6 is 0 Å². The molecule has 2 aliphatic rings. The fourth-order valence-corrected chi connectivity index (χ4v) is 4.03. The van der Waals surface area contributed by atoms with Gasteiger partial charge >= 0.3 is 0 Å². The number of hydrogen-bond donors (Lipinski definition) is 1. The van der Waals surface area contributed by atoms with Crippen molar-refractivity contribution in [2.75, 3.05) is 7.05 Å². The van der Waals surface area contributed by atoms with Crippen LogP contribution in [-0.4, -0.2) is 45.8 Å². The average molecular weight is 324 g/mol. The van der Waals surface area contributed by atoms with E-state index in [1.54, 1.807) is 6.20 Å². The molecule has 1 N–H and O–H groups in total. The summed E-state index contributed by atoms with van der Waals surface area (Å²) >= 11 is 0. The van der Waals surface area contributed by atoms with Crippen LogP contribution < -0.4 is 5.32 Å².